The first-order chi connectivity index (χ1) is 12.1. The smallest absolute Gasteiger partial charge is 0.312 e. The summed E-state index contributed by atoms with van der Waals surface area (Å²) >= 11 is 1.29. The summed E-state index contributed by atoms with van der Waals surface area (Å²) in [6.45, 7) is 6.91. The monoisotopic (exact) mass is 371 g/mol. The topological polar surface area (TPSA) is 73.8 Å². The third-order valence-corrected chi connectivity index (χ3v) is 5.77. The van der Waals surface area contributed by atoms with Crippen molar-refractivity contribution in [3.05, 3.63) is 5.21 Å². The van der Waals surface area contributed by atoms with E-state index in [1.165, 1.54) is 24.2 Å². The van der Waals surface area contributed by atoms with Crippen molar-refractivity contribution in [1.29, 1.82) is 0 Å². The van der Waals surface area contributed by atoms with E-state index in [1.807, 2.05) is 7.05 Å². The number of quaternary nitrogens is 1. The maximum absolute atomic E-state index is 13.6. The van der Waals surface area contributed by atoms with Gasteiger partial charge in [0.15, 0.2) is 6.17 Å². The van der Waals surface area contributed by atoms with E-state index in [1.54, 1.807) is 0 Å². The molecule has 2 unspecified atom stereocenters. The van der Waals surface area contributed by atoms with Crippen LogP contribution in [-0.2, 0) is 4.74 Å². The quantitative estimate of drug-likeness (QED) is 0.392. The van der Waals surface area contributed by atoms with Gasteiger partial charge in [0.05, 0.1) is 26.4 Å². The number of hydrogen-bond acceptors (Lipinski definition) is 8. The number of hydrogen-bond donors (Lipinski definition) is 0. The van der Waals surface area contributed by atoms with Crippen LogP contribution in [0.3, 0.4) is 0 Å². The van der Waals surface area contributed by atoms with Crippen LogP contribution in [0.2, 0.25) is 0 Å². The van der Waals surface area contributed by atoms with Gasteiger partial charge >= 0.3 is 5.13 Å². The summed E-state index contributed by atoms with van der Waals surface area (Å²) in [7, 11) is 1.98. The molecule has 0 saturated carbocycles. The van der Waals surface area contributed by atoms with Gasteiger partial charge in [-0.25, -0.2) is 4.90 Å². The SMILES string of the molecule is CCCCCCOc1nnc([N+]2([O-])CN(C)CC2N2CCOCC2)s1. The van der Waals surface area contributed by atoms with Crippen LogP contribution in [0.5, 0.6) is 5.19 Å². The standard InChI is InChI=1S/C16H29N5O3S/c1-3-4-5-6-9-24-16-18-17-15(25-16)21(22)13-19(2)12-14(21)20-7-10-23-11-8-20/h14H,3-13H2,1-2H3. The summed E-state index contributed by atoms with van der Waals surface area (Å²) in [5.41, 5.74) is 0. The van der Waals surface area contributed by atoms with Crippen molar-refractivity contribution < 1.29 is 9.47 Å². The van der Waals surface area contributed by atoms with Gasteiger partial charge in [0.25, 0.3) is 5.19 Å². The fourth-order valence-electron chi connectivity index (χ4n) is 3.47. The predicted molar refractivity (Wildman–Crippen MR) is 98.4 cm³/mol. The molecule has 3 rings (SSSR count). The number of likely N-dealkylation sites (N-methyl/N-ethyl adjacent to an activating group) is 1. The van der Waals surface area contributed by atoms with Gasteiger partial charge in [0.1, 0.15) is 6.67 Å². The molecule has 2 aliphatic rings. The minimum absolute atomic E-state index is 0.153. The third kappa shape index (κ3) is 4.47. The molecule has 1 aromatic heterocycles. The Bertz CT molecular complexity index is 540. The summed E-state index contributed by atoms with van der Waals surface area (Å²) in [4.78, 5) is 4.30. The Hall–Kier alpha value is -0.840. The molecule has 9 heteroatoms. The van der Waals surface area contributed by atoms with Crippen LogP contribution in [0.25, 0.3) is 0 Å². The lowest BCUT2D eigenvalue weighted by Crippen LogP contribution is -2.59. The van der Waals surface area contributed by atoms with Crippen LogP contribution in [0.1, 0.15) is 32.6 Å². The maximum atomic E-state index is 13.6. The van der Waals surface area contributed by atoms with E-state index in [9.17, 15) is 5.21 Å². The lowest BCUT2D eigenvalue weighted by molar-refractivity contribution is -0.00410. The predicted octanol–water partition coefficient (Wildman–Crippen LogP) is 1.86. The first-order valence-corrected chi connectivity index (χ1v) is 10.0. The number of unbranched alkanes of at least 4 members (excludes halogenated alkanes) is 3. The normalized spacial score (nSPS) is 28.5. The second-order valence-electron chi connectivity index (χ2n) is 6.86. The summed E-state index contributed by atoms with van der Waals surface area (Å²) in [6, 6.07) is 0. The lowest BCUT2D eigenvalue weighted by atomic mass is 10.2. The van der Waals surface area contributed by atoms with Crippen molar-refractivity contribution in [3.8, 4) is 5.19 Å². The molecule has 0 aliphatic carbocycles. The van der Waals surface area contributed by atoms with Gasteiger partial charge in [-0.05, 0) is 13.5 Å². The van der Waals surface area contributed by atoms with Gasteiger partial charge in [-0.3, -0.25) is 9.55 Å². The van der Waals surface area contributed by atoms with E-state index in [0.29, 0.717) is 36.8 Å². The molecule has 2 fully saturated rings. The highest BCUT2D eigenvalue weighted by Gasteiger charge is 2.46. The van der Waals surface area contributed by atoms with Gasteiger partial charge in [-0.15, -0.1) is 0 Å². The van der Waals surface area contributed by atoms with Crippen LogP contribution in [0.4, 0.5) is 5.13 Å². The molecule has 0 bridgehead atoms. The molecule has 2 aliphatic heterocycles. The second kappa shape index (κ2) is 8.70. The Kier molecular flexibility index (Phi) is 6.59. The summed E-state index contributed by atoms with van der Waals surface area (Å²) in [5, 5.41) is 22.9. The van der Waals surface area contributed by atoms with Crippen molar-refractivity contribution in [2.75, 3.05) is 53.2 Å². The molecular formula is C16H29N5O3S. The van der Waals surface area contributed by atoms with Crippen LogP contribution in [0, 0.1) is 5.21 Å². The Morgan fingerprint density at radius 1 is 1.28 bits per heavy atom. The second-order valence-corrected chi connectivity index (χ2v) is 7.78. The minimum Gasteiger partial charge on any atom is -0.623 e. The largest absolute Gasteiger partial charge is 0.623 e. The molecule has 142 valence electrons. The molecule has 8 nitrogen and oxygen atoms in total. The van der Waals surface area contributed by atoms with Crippen molar-refractivity contribution in [2.45, 2.75) is 38.8 Å². The Morgan fingerprint density at radius 3 is 2.84 bits per heavy atom. The average molecular weight is 372 g/mol. The lowest BCUT2D eigenvalue weighted by Gasteiger charge is -2.44. The molecule has 0 aromatic carbocycles. The third-order valence-electron chi connectivity index (χ3n) is 4.82. The zero-order valence-corrected chi connectivity index (χ0v) is 16.0. The van der Waals surface area contributed by atoms with E-state index in [-0.39, 0.29) is 6.17 Å². The zero-order chi connectivity index (χ0) is 17.7. The maximum Gasteiger partial charge on any atom is 0.312 e. The summed E-state index contributed by atoms with van der Waals surface area (Å²) in [5.74, 6) is 0. The Balaban J connectivity index is 1.64. The molecule has 1 aromatic rings. The fourth-order valence-corrected chi connectivity index (χ4v) is 4.26. The van der Waals surface area contributed by atoms with Gasteiger partial charge in [-0.1, -0.05) is 36.4 Å². The number of morpholine rings is 1. The van der Waals surface area contributed by atoms with Crippen molar-refractivity contribution >= 4 is 16.5 Å². The summed E-state index contributed by atoms with van der Waals surface area (Å²) in [6.07, 6.45) is 4.45. The van der Waals surface area contributed by atoms with Crippen molar-refractivity contribution in [3.63, 3.8) is 0 Å². The van der Waals surface area contributed by atoms with Gasteiger partial charge in [-0.2, -0.15) is 0 Å². The van der Waals surface area contributed by atoms with Crippen molar-refractivity contribution in [1.82, 2.24) is 24.6 Å². The first kappa shape index (κ1) is 18.9. The van der Waals surface area contributed by atoms with E-state index < -0.39 is 4.65 Å². The number of hydroxylamine groups is 2. The molecule has 0 radical (unpaired) electrons. The molecule has 0 amide bonds. The fraction of sp³-hybridized carbons (Fsp3) is 0.875. The average Bonchev–Trinajstić information content (AvgIpc) is 3.21. The highest BCUT2D eigenvalue weighted by molar-refractivity contribution is 7.16. The van der Waals surface area contributed by atoms with Crippen LogP contribution in [-0.4, -0.2) is 79.3 Å². The van der Waals surface area contributed by atoms with E-state index in [2.05, 4.69) is 26.9 Å². The van der Waals surface area contributed by atoms with E-state index in [0.717, 1.165) is 32.5 Å². The first-order valence-electron chi connectivity index (χ1n) is 9.19. The molecule has 3 heterocycles. The van der Waals surface area contributed by atoms with Gasteiger partial charge < -0.3 is 14.7 Å². The van der Waals surface area contributed by atoms with Gasteiger partial charge in [0, 0.05) is 24.4 Å². The molecule has 0 spiro atoms. The van der Waals surface area contributed by atoms with Gasteiger partial charge in [0.2, 0.25) is 0 Å². The highest BCUT2D eigenvalue weighted by atomic mass is 32.1. The Morgan fingerprint density at radius 2 is 2.08 bits per heavy atom. The number of aromatic nitrogens is 2. The zero-order valence-electron chi connectivity index (χ0n) is 15.2. The number of nitrogens with zero attached hydrogens (tertiary/aromatic N) is 5. The van der Waals surface area contributed by atoms with Crippen LogP contribution in [0.15, 0.2) is 0 Å². The molecular weight excluding hydrogens is 342 g/mol. The number of rotatable bonds is 8. The molecule has 2 atom stereocenters. The molecule has 25 heavy (non-hydrogen) atoms. The van der Waals surface area contributed by atoms with E-state index >= 15 is 0 Å². The van der Waals surface area contributed by atoms with E-state index in [4.69, 9.17) is 9.47 Å². The summed E-state index contributed by atoms with van der Waals surface area (Å²) < 4.78 is 10.7. The molecule has 2 saturated heterocycles. The van der Waals surface area contributed by atoms with Crippen molar-refractivity contribution in [2.24, 2.45) is 0 Å². The van der Waals surface area contributed by atoms with Crippen LogP contribution < -0.4 is 9.38 Å². The highest BCUT2D eigenvalue weighted by Crippen LogP contribution is 2.37. The minimum atomic E-state index is -0.465. The Labute approximate surface area is 153 Å². The van der Waals surface area contributed by atoms with Crippen LogP contribution >= 0.6 is 11.3 Å². The number of ether oxygens (including phenoxy) is 2. The molecule has 0 N–H and O–H groups in total.